The highest BCUT2D eigenvalue weighted by molar-refractivity contribution is 9.10. The van der Waals surface area contributed by atoms with Gasteiger partial charge in [-0.1, -0.05) is 41.6 Å². The number of nitrogens with one attached hydrogen (secondary N) is 1. The zero-order valence-electron chi connectivity index (χ0n) is 16.4. The van der Waals surface area contributed by atoms with E-state index in [1.54, 1.807) is 0 Å². The maximum Gasteiger partial charge on any atom is 0.234 e. The molecule has 1 N–H and O–H groups in total. The largest absolute Gasteiger partial charge is 0.324 e. The molecular weight excluding hydrogens is 436 g/mol. The Morgan fingerprint density at radius 1 is 1.11 bits per heavy atom. The average Bonchev–Trinajstić information content (AvgIpc) is 3.08. The van der Waals surface area contributed by atoms with Crippen LogP contribution in [0.15, 0.2) is 46.0 Å². The van der Waals surface area contributed by atoms with Crippen molar-refractivity contribution in [2.24, 2.45) is 0 Å². The third kappa shape index (κ3) is 4.64. The first-order chi connectivity index (χ1) is 13.4. The predicted octanol–water partition coefficient (Wildman–Crippen LogP) is 5.38. The highest BCUT2D eigenvalue weighted by Crippen LogP contribution is 2.27. The first kappa shape index (κ1) is 20.6. The van der Waals surface area contributed by atoms with Gasteiger partial charge >= 0.3 is 0 Å². The molecule has 1 amide bonds. The number of benzene rings is 2. The summed E-state index contributed by atoms with van der Waals surface area (Å²) < 4.78 is 2.92. The van der Waals surface area contributed by atoms with Crippen LogP contribution in [0, 0.1) is 20.8 Å². The van der Waals surface area contributed by atoms with Gasteiger partial charge in [0.1, 0.15) is 0 Å². The molecule has 0 saturated heterocycles. The summed E-state index contributed by atoms with van der Waals surface area (Å²) in [5.74, 6) is 1.02. The van der Waals surface area contributed by atoms with Crippen molar-refractivity contribution in [3.05, 3.63) is 57.6 Å². The van der Waals surface area contributed by atoms with E-state index in [1.807, 2.05) is 42.7 Å². The maximum absolute atomic E-state index is 12.4. The number of anilines is 1. The van der Waals surface area contributed by atoms with Gasteiger partial charge in [-0.15, -0.1) is 10.2 Å². The van der Waals surface area contributed by atoms with Gasteiger partial charge in [0.15, 0.2) is 11.0 Å². The lowest BCUT2D eigenvalue weighted by atomic mass is 10.1. The second kappa shape index (κ2) is 8.92. The average molecular weight is 459 g/mol. The van der Waals surface area contributed by atoms with Gasteiger partial charge < -0.3 is 9.88 Å². The molecule has 0 radical (unpaired) electrons. The van der Waals surface area contributed by atoms with Crippen LogP contribution in [0.4, 0.5) is 5.69 Å². The molecule has 0 unspecified atom stereocenters. The minimum Gasteiger partial charge on any atom is -0.324 e. The molecule has 0 atom stereocenters. The summed E-state index contributed by atoms with van der Waals surface area (Å²) in [5.41, 5.74) is 5.33. The standard InChI is InChI=1S/C21H23BrN4OS/c1-5-26-20(16-8-6-13(2)7-9-16)24-25-21(26)28-12-19(27)23-18-11-15(4)14(3)10-17(18)22/h6-11H,5,12H2,1-4H3,(H,23,27). The van der Waals surface area contributed by atoms with Crippen molar-refractivity contribution in [3.8, 4) is 11.4 Å². The van der Waals surface area contributed by atoms with Crippen LogP contribution in [0.25, 0.3) is 11.4 Å². The van der Waals surface area contributed by atoms with Gasteiger partial charge in [-0.25, -0.2) is 0 Å². The number of hydrogen-bond acceptors (Lipinski definition) is 4. The van der Waals surface area contributed by atoms with Crippen molar-refractivity contribution in [3.63, 3.8) is 0 Å². The van der Waals surface area contributed by atoms with E-state index in [1.165, 1.54) is 22.9 Å². The third-order valence-corrected chi connectivity index (χ3v) is 6.16. The van der Waals surface area contributed by atoms with Crippen molar-refractivity contribution in [1.29, 1.82) is 0 Å². The molecule has 0 aliphatic rings. The maximum atomic E-state index is 12.4. The van der Waals surface area contributed by atoms with Gasteiger partial charge in [0.2, 0.25) is 5.91 Å². The summed E-state index contributed by atoms with van der Waals surface area (Å²) >= 11 is 4.91. The predicted molar refractivity (Wildman–Crippen MR) is 119 cm³/mol. The Labute approximate surface area is 178 Å². The van der Waals surface area contributed by atoms with Crippen LogP contribution in [0.3, 0.4) is 0 Å². The van der Waals surface area contributed by atoms with Crippen LogP contribution in [0.5, 0.6) is 0 Å². The lowest BCUT2D eigenvalue weighted by Gasteiger charge is -2.11. The quantitative estimate of drug-likeness (QED) is 0.503. The first-order valence-electron chi connectivity index (χ1n) is 9.08. The Kier molecular flexibility index (Phi) is 6.57. The van der Waals surface area contributed by atoms with Crippen LogP contribution < -0.4 is 5.32 Å². The van der Waals surface area contributed by atoms with Crippen LogP contribution in [0.1, 0.15) is 23.6 Å². The molecule has 28 heavy (non-hydrogen) atoms. The van der Waals surface area contributed by atoms with E-state index in [9.17, 15) is 4.79 Å². The summed E-state index contributed by atoms with van der Waals surface area (Å²) in [5, 5.41) is 12.3. The second-order valence-corrected chi connectivity index (χ2v) is 8.47. The number of hydrogen-bond donors (Lipinski definition) is 1. The van der Waals surface area contributed by atoms with Crippen LogP contribution in [0.2, 0.25) is 0 Å². The van der Waals surface area contributed by atoms with E-state index in [0.717, 1.165) is 38.8 Å². The van der Waals surface area contributed by atoms with Crippen molar-refractivity contribution in [1.82, 2.24) is 14.8 Å². The number of thioether (sulfide) groups is 1. The second-order valence-electron chi connectivity index (χ2n) is 6.67. The van der Waals surface area contributed by atoms with Crippen molar-refractivity contribution < 1.29 is 4.79 Å². The molecule has 2 aromatic carbocycles. The SMILES string of the molecule is CCn1c(SCC(=O)Nc2cc(C)c(C)cc2Br)nnc1-c1ccc(C)cc1. The third-order valence-electron chi connectivity index (χ3n) is 4.53. The molecular formula is C21H23BrN4OS. The minimum absolute atomic E-state index is 0.0727. The van der Waals surface area contributed by atoms with Crippen LogP contribution in [-0.4, -0.2) is 26.4 Å². The van der Waals surface area contributed by atoms with Gasteiger partial charge in [-0.05, 0) is 66.9 Å². The summed E-state index contributed by atoms with van der Waals surface area (Å²) in [6.07, 6.45) is 0. The van der Waals surface area contributed by atoms with E-state index in [0.29, 0.717) is 0 Å². The number of aromatic nitrogens is 3. The first-order valence-corrected chi connectivity index (χ1v) is 10.9. The zero-order valence-corrected chi connectivity index (χ0v) is 18.8. The molecule has 1 heterocycles. The Bertz CT molecular complexity index is 998. The Morgan fingerprint density at radius 2 is 1.79 bits per heavy atom. The number of rotatable bonds is 6. The van der Waals surface area contributed by atoms with Crippen molar-refractivity contribution in [2.45, 2.75) is 39.4 Å². The van der Waals surface area contributed by atoms with Gasteiger partial charge in [0.25, 0.3) is 0 Å². The molecule has 0 aliphatic heterocycles. The molecule has 3 rings (SSSR count). The van der Waals surface area contributed by atoms with Gasteiger partial charge in [0.05, 0.1) is 11.4 Å². The lowest BCUT2D eigenvalue weighted by Crippen LogP contribution is -2.15. The van der Waals surface area contributed by atoms with Crippen LogP contribution in [-0.2, 0) is 11.3 Å². The number of halogens is 1. The highest BCUT2D eigenvalue weighted by Gasteiger charge is 2.15. The van der Waals surface area contributed by atoms with Crippen LogP contribution >= 0.6 is 27.7 Å². The number of aryl methyl sites for hydroxylation is 3. The molecule has 0 saturated carbocycles. The van der Waals surface area contributed by atoms with Gasteiger partial charge in [-0.2, -0.15) is 0 Å². The molecule has 0 aliphatic carbocycles. The Balaban J connectivity index is 1.70. The van der Waals surface area contributed by atoms with E-state index in [4.69, 9.17) is 0 Å². The number of carbonyl (C=O) groups excluding carboxylic acids is 1. The van der Waals surface area contributed by atoms with E-state index < -0.39 is 0 Å². The molecule has 3 aromatic rings. The molecule has 0 fully saturated rings. The van der Waals surface area contributed by atoms with E-state index in [2.05, 4.69) is 57.4 Å². The fourth-order valence-electron chi connectivity index (χ4n) is 2.79. The fraction of sp³-hybridized carbons (Fsp3) is 0.286. The Hall–Kier alpha value is -2.12. The molecule has 1 aromatic heterocycles. The number of carbonyl (C=O) groups is 1. The van der Waals surface area contributed by atoms with Crippen molar-refractivity contribution in [2.75, 3.05) is 11.1 Å². The summed E-state index contributed by atoms with van der Waals surface area (Å²) in [6, 6.07) is 12.2. The Morgan fingerprint density at radius 3 is 2.46 bits per heavy atom. The molecule has 146 valence electrons. The number of amides is 1. The smallest absolute Gasteiger partial charge is 0.234 e. The van der Waals surface area contributed by atoms with Gasteiger partial charge in [0, 0.05) is 16.6 Å². The molecule has 0 bridgehead atoms. The minimum atomic E-state index is -0.0727. The van der Waals surface area contributed by atoms with Gasteiger partial charge in [-0.3, -0.25) is 4.79 Å². The molecule has 5 nitrogen and oxygen atoms in total. The number of nitrogens with zero attached hydrogens (tertiary/aromatic N) is 3. The van der Waals surface area contributed by atoms with Crippen molar-refractivity contribution >= 4 is 39.3 Å². The topological polar surface area (TPSA) is 59.8 Å². The summed E-state index contributed by atoms with van der Waals surface area (Å²) in [6.45, 7) is 8.93. The summed E-state index contributed by atoms with van der Waals surface area (Å²) in [7, 11) is 0. The fourth-order valence-corrected chi connectivity index (χ4v) is 4.15. The lowest BCUT2D eigenvalue weighted by molar-refractivity contribution is -0.113. The monoisotopic (exact) mass is 458 g/mol. The van der Waals surface area contributed by atoms with E-state index >= 15 is 0 Å². The summed E-state index contributed by atoms with van der Waals surface area (Å²) in [4.78, 5) is 12.4. The highest BCUT2D eigenvalue weighted by atomic mass is 79.9. The zero-order chi connectivity index (χ0) is 20.3. The molecule has 0 spiro atoms. The van der Waals surface area contributed by atoms with E-state index in [-0.39, 0.29) is 11.7 Å². The normalized spacial score (nSPS) is 10.9. The molecule has 7 heteroatoms.